The number of para-hydroxylation sites is 1. The SMILES string of the molecule is CN(C)c1c(N)cccc1B(O)O. The number of nitrogens with two attached hydrogens (primary N) is 1. The molecule has 5 heteroatoms. The Morgan fingerprint density at radius 3 is 2.31 bits per heavy atom. The first-order valence-electron chi connectivity index (χ1n) is 3.96. The zero-order valence-electron chi connectivity index (χ0n) is 7.73. The van der Waals surface area contributed by atoms with Crippen molar-refractivity contribution in [3.63, 3.8) is 0 Å². The number of hydrogen-bond acceptors (Lipinski definition) is 4. The zero-order valence-corrected chi connectivity index (χ0v) is 7.73. The maximum absolute atomic E-state index is 9.05. The Morgan fingerprint density at radius 1 is 1.31 bits per heavy atom. The standard InChI is InChI=1S/C8H13BN2O2/c1-11(2)8-6(9(12)13)4-3-5-7(8)10/h3-5,12-13H,10H2,1-2H3. The van der Waals surface area contributed by atoms with Crippen LogP contribution in [0.25, 0.3) is 0 Å². The fraction of sp³-hybridized carbons (Fsp3) is 0.250. The van der Waals surface area contributed by atoms with Crippen LogP contribution in [0.5, 0.6) is 0 Å². The van der Waals surface area contributed by atoms with Gasteiger partial charge >= 0.3 is 7.12 Å². The zero-order chi connectivity index (χ0) is 10.0. The molecule has 0 saturated carbocycles. The summed E-state index contributed by atoms with van der Waals surface area (Å²) in [7, 11) is 2.12. The first kappa shape index (κ1) is 9.89. The fourth-order valence-corrected chi connectivity index (χ4v) is 1.30. The van der Waals surface area contributed by atoms with E-state index in [1.165, 1.54) is 0 Å². The van der Waals surface area contributed by atoms with E-state index in [4.69, 9.17) is 15.8 Å². The Labute approximate surface area is 77.7 Å². The van der Waals surface area contributed by atoms with Crippen molar-refractivity contribution < 1.29 is 10.0 Å². The molecule has 1 aromatic carbocycles. The molecule has 0 aromatic heterocycles. The summed E-state index contributed by atoms with van der Waals surface area (Å²) in [5, 5.41) is 18.1. The molecule has 0 saturated heterocycles. The predicted octanol–water partition coefficient (Wildman–Crippen LogP) is -0.985. The van der Waals surface area contributed by atoms with Crippen LogP contribution in [0.4, 0.5) is 11.4 Å². The van der Waals surface area contributed by atoms with Gasteiger partial charge in [-0.1, -0.05) is 12.1 Å². The summed E-state index contributed by atoms with van der Waals surface area (Å²) in [6, 6.07) is 5.05. The van der Waals surface area contributed by atoms with Gasteiger partial charge in [-0.05, 0) is 6.07 Å². The van der Waals surface area contributed by atoms with Gasteiger partial charge in [0, 0.05) is 19.6 Å². The molecule has 0 unspecified atom stereocenters. The monoisotopic (exact) mass is 180 g/mol. The van der Waals surface area contributed by atoms with Gasteiger partial charge in [-0.2, -0.15) is 0 Å². The van der Waals surface area contributed by atoms with Gasteiger partial charge in [-0.15, -0.1) is 0 Å². The van der Waals surface area contributed by atoms with Gasteiger partial charge in [0.15, 0.2) is 0 Å². The highest BCUT2D eigenvalue weighted by Gasteiger charge is 2.18. The van der Waals surface area contributed by atoms with Gasteiger partial charge < -0.3 is 20.7 Å². The Morgan fingerprint density at radius 2 is 1.92 bits per heavy atom. The predicted molar refractivity (Wildman–Crippen MR) is 55.0 cm³/mol. The highest BCUT2D eigenvalue weighted by molar-refractivity contribution is 6.61. The second kappa shape index (κ2) is 3.68. The van der Waals surface area contributed by atoms with Crippen LogP contribution in [0, 0.1) is 0 Å². The molecule has 0 spiro atoms. The lowest BCUT2D eigenvalue weighted by Crippen LogP contribution is -2.35. The normalized spacial score (nSPS) is 9.85. The molecule has 70 valence electrons. The van der Waals surface area contributed by atoms with Gasteiger partial charge in [-0.25, -0.2) is 0 Å². The summed E-state index contributed by atoms with van der Waals surface area (Å²) in [4.78, 5) is 1.75. The van der Waals surface area contributed by atoms with Crippen molar-refractivity contribution in [2.45, 2.75) is 0 Å². The Hall–Kier alpha value is -1.20. The van der Waals surface area contributed by atoms with Crippen molar-refractivity contribution in [2.24, 2.45) is 0 Å². The lowest BCUT2D eigenvalue weighted by molar-refractivity contribution is 0.426. The van der Waals surface area contributed by atoms with Crippen LogP contribution in [-0.4, -0.2) is 31.3 Å². The molecule has 0 bridgehead atoms. The molecule has 0 radical (unpaired) electrons. The smallest absolute Gasteiger partial charge is 0.423 e. The van der Waals surface area contributed by atoms with E-state index in [0.717, 1.165) is 0 Å². The van der Waals surface area contributed by atoms with Crippen molar-refractivity contribution in [1.82, 2.24) is 0 Å². The van der Waals surface area contributed by atoms with Crippen LogP contribution in [0.1, 0.15) is 0 Å². The van der Waals surface area contributed by atoms with Crippen LogP contribution >= 0.6 is 0 Å². The van der Waals surface area contributed by atoms with Crippen LogP contribution in [0.15, 0.2) is 18.2 Å². The van der Waals surface area contributed by atoms with E-state index >= 15 is 0 Å². The molecule has 0 aliphatic carbocycles. The highest BCUT2D eigenvalue weighted by atomic mass is 16.4. The molecule has 0 atom stereocenters. The van der Waals surface area contributed by atoms with E-state index in [-0.39, 0.29) is 0 Å². The minimum atomic E-state index is -1.49. The molecule has 1 aromatic rings. The summed E-state index contributed by atoms with van der Waals surface area (Å²) < 4.78 is 0. The maximum atomic E-state index is 9.05. The minimum absolute atomic E-state index is 0.421. The van der Waals surface area contributed by atoms with Crippen molar-refractivity contribution in [2.75, 3.05) is 24.7 Å². The third kappa shape index (κ3) is 1.94. The molecular formula is C8H13BN2O2. The molecule has 0 amide bonds. The molecule has 1 rings (SSSR count). The quantitative estimate of drug-likeness (QED) is 0.404. The lowest BCUT2D eigenvalue weighted by Gasteiger charge is -2.19. The van der Waals surface area contributed by atoms with Gasteiger partial charge in [0.25, 0.3) is 0 Å². The second-order valence-corrected chi connectivity index (χ2v) is 3.05. The first-order valence-corrected chi connectivity index (χ1v) is 3.96. The van der Waals surface area contributed by atoms with Crippen LogP contribution in [0.2, 0.25) is 0 Å². The van der Waals surface area contributed by atoms with E-state index < -0.39 is 7.12 Å². The van der Waals surface area contributed by atoms with Gasteiger partial charge in [0.05, 0.1) is 11.4 Å². The summed E-state index contributed by atoms with van der Waals surface area (Å²) in [5.41, 5.74) is 7.31. The Balaban J connectivity index is 3.26. The van der Waals surface area contributed by atoms with Crippen LogP contribution < -0.4 is 16.1 Å². The van der Waals surface area contributed by atoms with Crippen molar-refractivity contribution in [3.8, 4) is 0 Å². The van der Waals surface area contributed by atoms with Crippen molar-refractivity contribution in [3.05, 3.63) is 18.2 Å². The van der Waals surface area contributed by atoms with Crippen LogP contribution in [-0.2, 0) is 0 Å². The van der Waals surface area contributed by atoms with Gasteiger partial charge in [-0.3, -0.25) is 0 Å². The van der Waals surface area contributed by atoms with Crippen LogP contribution in [0.3, 0.4) is 0 Å². The minimum Gasteiger partial charge on any atom is -0.423 e. The third-order valence-corrected chi connectivity index (χ3v) is 1.82. The highest BCUT2D eigenvalue weighted by Crippen LogP contribution is 2.17. The second-order valence-electron chi connectivity index (χ2n) is 3.05. The Kier molecular flexibility index (Phi) is 2.80. The number of nitrogen functional groups attached to an aromatic ring is 1. The number of benzene rings is 1. The molecule has 0 fully saturated rings. The molecule has 0 aliphatic heterocycles. The van der Waals surface area contributed by atoms with E-state index in [1.54, 1.807) is 37.2 Å². The van der Waals surface area contributed by atoms with Gasteiger partial charge in [0.2, 0.25) is 0 Å². The third-order valence-electron chi connectivity index (χ3n) is 1.82. The molecule has 13 heavy (non-hydrogen) atoms. The Bertz CT molecular complexity index is 302. The van der Waals surface area contributed by atoms with E-state index in [9.17, 15) is 0 Å². The van der Waals surface area contributed by atoms with E-state index in [2.05, 4.69) is 0 Å². The number of anilines is 2. The topological polar surface area (TPSA) is 69.7 Å². The van der Waals surface area contributed by atoms with Crippen molar-refractivity contribution >= 4 is 24.0 Å². The number of hydrogen-bond donors (Lipinski definition) is 3. The molecular weight excluding hydrogens is 167 g/mol. The van der Waals surface area contributed by atoms with Gasteiger partial charge in [0.1, 0.15) is 0 Å². The summed E-state index contributed by atoms with van der Waals surface area (Å²) >= 11 is 0. The number of nitrogens with zero attached hydrogens (tertiary/aromatic N) is 1. The lowest BCUT2D eigenvalue weighted by atomic mass is 9.78. The largest absolute Gasteiger partial charge is 0.490 e. The number of rotatable bonds is 2. The molecule has 0 heterocycles. The fourth-order valence-electron chi connectivity index (χ4n) is 1.30. The molecule has 0 aliphatic rings. The summed E-state index contributed by atoms with van der Waals surface area (Å²) in [6.07, 6.45) is 0. The molecule has 4 N–H and O–H groups in total. The molecule has 4 nitrogen and oxygen atoms in total. The summed E-state index contributed by atoms with van der Waals surface area (Å²) in [6.45, 7) is 0. The van der Waals surface area contributed by atoms with E-state index in [1.807, 2.05) is 0 Å². The first-order chi connectivity index (χ1) is 6.04. The average molecular weight is 180 g/mol. The van der Waals surface area contributed by atoms with Crippen molar-refractivity contribution in [1.29, 1.82) is 0 Å². The average Bonchev–Trinajstić information content (AvgIpc) is 2.02. The van der Waals surface area contributed by atoms with E-state index in [0.29, 0.717) is 16.8 Å². The summed E-state index contributed by atoms with van der Waals surface area (Å²) in [5.74, 6) is 0. The maximum Gasteiger partial charge on any atom is 0.490 e.